The highest BCUT2D eigenvalue weighted by molar-refractivity contribution is 5.64. The molecule has 2 nitrogen and oxygen atoms in total. The van der Waals surface area contributed by atoms with E-state index in [1.807, 2.05) is 19.3 Å². The van der Waals surface area contributed by atoms with Crippen molar-refractivity contribution in [3.05, 3.63) is 48.2 Å². The molecule has 1 aromatic carbocycles. The molecule has 0 atom stereocenters. The molecule has 1 heterocycles. The Labute approximate surface area is 109 Å². The molecule has 0 amide bonds. The van der Waals surface area contributed by atoms with E-state index < -0.39 is 0 Å². The first-order valence-corrected chi connectivity index (χ1v) is 6.25. The molecule has 0 saturated heterocycles. The molecule has 94 valence electrons. The Morgan fingerprint density at radius 2 is 1.67 bits per heavy atom. The number of benzene rings is 1. The molecule has 0 spiro atoms. The van der Waals surface area contributed by atoms with Crippen molar-refractivity contribution in [2.24, 2.45) is 0 Å². The molecule has 1 N–H and O–H groups in total. The minimum atomic E-state index is 0.193. The summed E-state index contributed by atoms with van der Waals surface area (Å²) in [6.07, 6.45) is 1.83. The summed E-state index contributed by atoms with van der Waals surface area (Å²) in [7, 11) is 1.92. The van der Waals surface area contributed by atoms with E-state index in [4.69, 9.17) is 0 Å². The second kappa shape index (κ2) is 4.81. The standard InChI is InChI=1S/C16H20N2/c1-16(2,3)13-7-5-12(6-8-13)15-11-14(17-4)9-10-18-15/h5-11H,1-4H3,(H,17,18). The van der Waals surface area contributed by atoms with E-state index in [2.05, 4.69) is 61.4 Å². The van der Waals surface area contributed by atoms with Crippen LogP contribution in [0.3, 0.4) is 0 Å². The quantitative estimate of drug-likeness (QED) is 0.855. The van der Waals surface area contributed by atoms with Crippen molar-refractivity contribution in [2.45, 2.75) is 26.2 Å². The number of pyridine rings is 1. The predicted molar refractivity (Wildman–Crippen MR) is 77.9 cm³/mol. The SMILES string of the molecule is CNc1ccnc(-c2ccc(C(C)(C)C)cc2)c1. The van der Waals surface area contributed by atoms with Crippen LogP contribution in [0.5, 0.6) is 0 Å². The fraction of sp³-hybridized carbons (Fsp3) is 0.312. The molecule has 0 aliphatic carbocycles. The van der Waals surface area contributed by atoms with Crippen LogP contribution in [0.15, 0.2) is 42.6 Å². The van der Waals surface area contributed by atoms with E-state index in [0.717, 1.165) is 16.9 Å². The van der Waals surface area contributed by atoms with Crippen molar-refractivity contribution in [1.82, 2.24) is 4.98 Å². The number of nitrogens with one attached hydrogen (secondary N) is 1. The van der Waals surface area contributed by atoms with Crippen LogP contribution in [0.1, 0.15) is 26.3 Å². The highest BCUT2D eigenvalue weighted by atomic mass is 14.8. The average molecular weight is 240 g/mol. The summed E-state index contributed by atoms with van der Waals surface area (Å²) in [5, 5.41) is 3.13. The van der Waals surface area contributed by atoms with Gasteiger partial charge >= 0.3 is 0 Å². The highest BCUT2D eigenvalue weighted by Crippen LogP contribution is 2.26. The molecule has 2 rings (SSSR count). The number of hydrogen-bond donors (Lipinski definition) is 1. The summed E-state index contributed by atoms with van der Waals surface area (Å²) in [6, 6.07) is 12.7. The van der Waals surface area contributed by atoms with E-state index in [9.17, 15) is 0 Å². The topological polar surface area (TPSA) is 24.9 Å². The van der Waals surface area contributed by atoms with E-state index >= 15 is 0 Å². The maximum Gasteiger partial charge on any atom is 0.0722 e. The van der Waals surface area contributed by atoms with Crippen LogP contribution >= 0.6 is 0 Å². The maximum atomic E-state index is 4.41. The fourth-order valence-corrected chi connectivity index (χ4v) is 1.88. The Morgan fingerprint density at radius 1 is 1.00 bits per heavy atom. The van der Waals surface area contributed by atoms with Gasteiger partial charge in [-0.25, -0.2) is 0 Å². The van der Waals surface area contributed by atoms with Gasteiger partial charge in [-0.15, -0.1) is 0 Å². The Morgan fingerprint density at radius 3 is 2.22 bits per heavy atom. The number of aromatic nitrogens is 1. The fourth-order valence-electron chi connectivity index (χ4n) is 1.88. The van der Waals surface area contributed by atoms with Crippen LogP contribution in [0, 0.1) is 0 Å². The lowest BCUT2D eigenvalue weighted by Gasteiger charge is -2.19. The largest absolute Gasteiger partial charge is 0.388 e. The lowest BCUT2D eigenvalue weighted by Crippen LogP contribution is -2.10. The number of rotatable bonds is 2. The Balaban J connectivity index is 2.34. The molecule has 0 aliphatic heterocycles. The van der Waals surface area contributed by atoms with E-state index in [1.54, 1.807) is 0 Å². The van der Waals surface area contributed by atoms with Gasteiger partial charge < -0.3 is 5.32 Å². The molecule has 0 aliphatic rings. The molecule has 0 bridgehead atoms. The van der Waals surface area contributed by atoms with Crippen LogP contribution in [-0.4, -0.2) is 12.0 Å². The van der Waals surface area contributed by atoms with Crippen LogP contribution in [0.4, 0.5) is 5.69 Å². The van der Waals surface area contributed by atoms with Gasteiger partial charge in [-0.05, 0) is 23.1 Å². The van der Waals surface area contributed by atoms with Gasteiger partial charge in [0.25, 0.3) is 0 Å². The van der Waals surface area contributed by atoms with Crippen molar-refractivity contribution in [3.8, 4) is 11.3 Å². The molecule has 0 radical (unpaired) electrons. The molecule has 0 unspecified atom stereocenters. The van der Waals surface area contributed by atoms with E-state index in [-0.39, 0.29) is 5.41 Å². The normalized spacial score (nSPS) is 11.3. The average Bonchev–Trinajstić information content (AvgIpc) is 2.38. The zero-order valence-corrected chi connectivity index (χ0v) is 11.5. The first kappa shape index (κ1) is 12.6. The summed E-state index contributed by atoms with van der Waals surface area (Å²) >= 11 is 0. The number of anilines is 1. The third-order valence-electron chi connectivity index (χ3n) is 3.10. The Hall–Kier alpha value is -1.83. The Bertz CT molecular complexity index is 522. The summed E-state index contributed by atoms with van der Waals surface area (Å²) in [4.78, 5) is 4.41. The summed E-state index contributed by atoms with van der Waals surface area (Å²) in [6.45, 7) is 6.67. The molecule has 2 heteroatoms. The molecule has 0 saturated carbocycles. The third-order valence-corrected chi connectivity index (χ3v) is 3.10. The second-order valence-corrected chi connectivity index (χ2v) is 5.51. The summed E-state index contributed by atoms with van der Waals surface area (Å²) in [5.74, 6) is 0. The highest BCUT2D eigenvalue weighted by Gasteiger charge is 2.13. The number of hydrogen-bond acceptors (Lipinski definition) is 2. The minimum Gasteiger partial charge on any atom is -0.388 e. The smallest absolute Gasteiger partial charge is 0.0722 e. The molecule has 2 aromatic rings. The van der Waals surface area contributed by atoms with Crippen molar-refractivity contribution in [2.75, 3.05) is 12.4 Å². The van der Waals surface area contributed by atoms with Gasteiger partial charge in [0.05, 0.1) is 5.69 Å². The minimum absolute atomic E-state index is 0.193. The Kier molecular flexibility index (Phi) is 3.37. The van der Waals surface area contributed by atoms with Crippen LogP contribution < -0.4 is 5.32 Å². The zero-order valence-electron chi connectivity index (χ0n) is 11.5. The molecular weight excluding hydrogens is 220 g/mol. The summed E-state index contributed by atoms with van der Waals surface area (Å²) in [5.41, 5.74) is 4.78. The maximum absolute atomic E-state index is 4.41. The molecular formula is C16H20N2. The van der Waals surface area contributed by atoms with E-state index in [1.165, 1.54) is 5.56 Å². The first-order chi connectivity index (χ1) is 8.50. The van der Waals surface area contributed by atoms with Gasteiger partial charge in [-0.3, -0.25) is 4.98 Å². The van der Waals surface area contributed by atoms with E-state index in [0.29, 0.717) is 0 Å². The molecule has 18 heavy (non-hydrogen) atoms. The monoisotopic (exact) mass is 240 g/mol. The van der Waals surface area contributed by atoms with Gasteiger partial charge in [0, 0.05) is 24.5 Å². The molecule has 1 aromatic heterocycles. The number of nitrogens with zero attached hydrogens (tertiary/aromatic N) is 1. The van der Waals surface area contributed by atoms with Crippen LogP contribution in [-0.2, 0) is 5.41 Å². The van der Waals surface area contributed by atoms with Crippen LogP contribution in [0.2, 0.25) is 0 Å². The van der Waals surface area contributed by atoms with Crippen molar-refractivity contribution >= 4 is 5.69 Å². The lowest BCUT2D eigenvalue weighted by atomic mass is 9.86. The van der Waals surface area contributed by atoms with Gasteiger partial charge in [-0.1, -0.05) is 45.0 Å². The van der Waals surface area contributed by atoms with Crippen molar-refractivity contribution < 1.29 is 0 Å². The van der Waals surface area contributed by atoms with Crippen molar-refractivity contribution in [3.63, 3.8) is 0 Å². The van der Waals surface area contributed by atoms with Gasteiger partial charge in [0.2, 0.25) is 0 Å². The first-order valence-electron chi connectivity index (χ1n) is 6.25. The second-order valence-electron chi connectivity index (χ2n) is 5.51. The summed E-state index contributed by atoms with van der Waals surface area (Å²) < 4.78 is 0. The zero-order chi connectivity index (χ0) is 13.2. The lowest BCUT2D eigenvalue weighted by molar-refractivity contribution is 0.590. The van der Waals surface area contributed by atoms with Gasteiger partial charge in [0.1, 0.15) is 0 Å². The van der Waals surface area contributed by atoms with Gasteiger partial charge in [0.15, 0.2) is 0 Å². The van der Waals surface area contributed by atoms with Gasteiger partial charge in [-0.2, -0.15) is 0 Å². The predicted octanol–water partition coefficient (Wildman–Crippen LogP) is 4.09. The third kappa shape index (κ3) is 2.70. The van der Waals surface area contributed by atoms with Crippen LogP contribution in [0.25, 0.3) is 11.3 Å². The molecule has 0 fully saturated rings. The van der Waals surface area contributed by atoms with Crippen molar-refractivity contribution in [1.29, 1.82) is 0 Å².